The van der Waals surface area contributed by atoms with Gasteiger partial charge < -0.3 is 14.4 Å². The van der Waals surface area contributed by atoms with E-state index in [1.165, 1.54) is 12.3 Å². The summed E-state index contributed by atoms with van der Waals surface area (Å²) < 4.78 is 25.1. The predicted molar refractivity (Wildman–Crippen MR) is 117 cm³/mol. The molecule has 4 rings (SSSR count). The standard InChI is InChI=1S/C22H23FN4O3S/c1-14-10-16(13-25-18(14)12-24)26-20(28)22(6-3-7-22)27(21(26)31)15-4-5-19(17(23)11-15)30-9-8-29-2/h4-5,10-11,13,21,31H,3,6-9H2,1-2H3. The van der Waals surface area contributed by atoms with Crippen LogP contribution in [0.1, 0.15) is 30.5 Å². The first-order chi connectivity index (χ1) is 14.9. The second-order valence-electron chi connectivity index (χ2n) is 7.70. The number of carbonyl (C=O) groups is 1. The number of anilines is 2. The summed E-state index contributed by atoms with van der Waals surface area (Å²) in [6.07, 6.45) is 3.74. The molecule has 1 unspecified atom stereocenters. The van der Waals surface area contributed by atoms with Crippen molar-refractivity contribution in [3.05, 3.63) is 47.5 Å². The Bertz CT molecular complexity index is 1050. The number of carbonyl (C=O) groups excluding carboxylic acids is 1. The molecule has 0 N–H and O–H groups in total. The third-order valence-electron chi connectivity index (χ3n) is 5.91. The number of halogens is 1. The normalized spacial score (nSPS) is 19.5. The van der Waals surface area contributed by atoms with E-state index in [1.807, 2.05) is 11.0 Å². The maximum atomic E-state index is 14.7. The van der Waals surface area contributed by atoms with E-state index in [1.54, 1.807) is 37.1 Å². The summed E-state index contributed by atoms with van der Waals surface area (Å²) in [5.74, 6) is -0.468. The number of rotatable bonds is 6. The molecule has 1 aliphatic heterocycles. The molecule has 1 aliphatic carbocycles. The van der Waals surface area contributed by atoms with E-state index in [2.05, 4.69) is 4.98 Å². The van der Waals surface area contributed by atoms with Crippen molar-refractivity contribution in [1.29, 1.82) is 5.26 Å². The fourth-order valence-corrected chi connectivity index (χ4v) is 4.76. The summed E-state index contributed by atoms with van der Waals surface area (Å²) in [5, 5.41) is 9.15. The van der Waals surface area contributed by atoms with Crippen LogP contribution in [0.2, 0.25) is 0 Å². The van der Waals surface area contributed by atoms with E-state index in [9.17, 15) is 9.18 Å². The molecule has 2 fully saturated rings. The fraction of sp³-hybridized carbons (Fsp3) is 0.409. The topological polar surface area (TPSA) is 78.7 Å². The molecule has 2 aliphatic rings. The van der Waals surface area contributed by atoms with Crippen molar-refractivity contribution >= 4 is 29.9 Å². The molecule has 0 radical (unpaired) electrons. The average Bonchev–Trinajstić information content (AvgIpc) is 2.96. The minimum Gasteiger partial charge on any atom is -0.488 e. The molecule has 2 heterocycles. The molecule has 9 heteroatoms. The number of aryl methyl sites for hydroxylation is 1. The Balaban J connectivity index is 1.68. The van der Waals surface area contributed by atoms with Crippen LogP contribution in [-0.2, 0) is 9.53 Å². The molecule has 1 spiro atoms. The Kier molecular flexibility index (Phi) is 5.77. The van der Waals surface area contributed by atoms with Crippen LogP contribution < -0.4 is 14.5 Å². The molecule has 1 saturated carbocycles. The molecule has 1 aromatic carbocycles. The van der Waals surface area contributed by atoms with Gasteiger partial charge in [-0.25, -0.2) is 9.37 Å². The maximum Gasteiger partial charge on any atom is 0.255 e. The zero-order chi connectivity index (χ0) is 22.2. The number of methoxy groups -OCH3 is 1. The summed E-state index contributed by atoms with van der Waals surface area (Å²) in [6.45, 7) is 2.38. The van der Waals surface area contributed by atoms with Crippen molar-refractivity contribution in [1.82, 2.24) is 4.98 Å². The quantitative estimate of drug-likeness (QED) is 0.546. The van der Waals surface area contributed by atoms with Crippen molar-refractivity contribution < 1.29 is 18.7 Å². The van der Waals surface area contributed by atoms with E-state index in [0.29, 0.717) is 42.1 Å². The molecule has 2 aromatic rings. The second kappa shape index (κ2) is 8.36. The van der Waals surface area contributed by atoms with Crippen molar-refractivity contribution in [3.8, 4) is 11.8 Å². The van der Waals surface area contributed by atoms with E-state index in [0.717, 1.165) is 6.42 Å². The minimum absolute atomic E-state index is 0.0921. The van der Waals surface area contributed by atoms with Crippen LogP contribution in [0, 0.1) is 24.1 Å². The van der Waals surface area contributed by atoms with Crippen LogP contribution in [0.4, 0.5) is 15.8 Å². The highest BCUT2D eigenvalue weighted by atomic mass is 32.1. The van der Waals surface area contributed by atoms with Gasteiger partial charge >= 0.3 is 0 Å². The summed E-state index contributed by atoms with van der Waals surface area (Å²) in [4.78, 5) is 21.1. The Morgan fingerprint density at radius 2 is 2.10 bits per heavy atom. The van der Waals surface area contributed by atoms with Crippen molar-refractivity contribution in [2.24, 2.45) is 0 Å². The number of hydrogen-bond acceptors (Lipinski definition) is 7. The highest BCUT2D eigenvalue weighted by Crippen LogP contribution is 2.50. The summed E-state index contributed by atoms with van der Waals surface area (Å²) in [5.41, 5.74) is 0.715. The molecule has 1 saturated heterocycles. The van der Waals surface area contributed by atoms with Crippen LogP contribution in [0.3, 0.4) is 0 Å². The van der Waals surface area contributed by atoms with Gasteiger partial charge in [0.1, 0.15) is 23.9 Å². The van der Waals surface area contributed by atoms with Gasteiger partial charge in [0.25, 0.3) is 5.91 Å². The van der Waals surface area contributed by atoms with Gasteiger partial charge in [-0.1, -0.05) is 0 Å². The Labute approximate surface area is 185 Å². The molecule has 162 valence electrons. The number of thiol groups is 1. The van der Waals surface area contributed by atoms with E-state index in [-0.39, 0.29) is 18.3 Å². The first-order valence-corrected chi connectivity index (χ1v) is 10.5. The van der Waals surface area contributed by atoms with Crippen molar-refractivity contribution in [2.45, 2.75) is 37.2 Å². The number of hydrogen-bond donors (Lipinski definition) is 1. The zero-order valence-electron chi connectivity index (χ0n) is 17.3. The van der Waals surface area contributed by atoms with Gasteiger partial charge in [0.05, 0.1) is 18.5 Å². The second-order valence-corrected chi connectivity index (χ2v) is 8.17. The lowest BCUT2D eigenvalue weighted by molar-refractivity contribution is -0.124. The Morgan fingerprint density at radius 3 is 2.68 bits per heavy atom. The van der Waals surface area contributed by atoms with Gasteiger partial charge in [0.2, 0.25) is 0 Å². The minimum atomic E-state index is -0.765. The maximum absolute atomic E-state index is 14.7. The van der Waals surface area contributed by atoms with E-state index < -0.39 is 16.9 Å². The number of amides is 1. The number of benzene rings is 1. The van der Waals surface area contributed by atoms with Gasteiger partial charge in [-0.05, 0) is 49.9 Å². The molecular weight excluding hydrogens is 419 g/mol. The third-order valence-corrected chi connectivity index (χ3v) is 6.37. The lowest BCUT2D eigenvalue weighted by atomic mass is 9.75. The first kappa shape index (κ1) is 21.4. The average molecular weight is 443 g/mol. The van der Waals surface area contributed by atoms with Gasteiger partial charge in [0, 0.05) is 18.9 Å². The predicted octanol–water partition coefficient (Wildman–Crippen LogP) is 3.42. The smallest absolute Gasteiger partial charge is 0.255 e. The number of nitrogens with zero attached hydrogens (tertiary/aromatic N) is 4. The molecule has 1 atom stereocenters. The van der Waals surface area contributed by atoms with Crippen LogP contribution >= 0.6 is 12.6 Å². The lowest BCUT2D eigenvalue weighted by Gasteiger charge is -2.44. The highest BCUT2D eigenvalue weighted by Gasteiger charge is 2.60. The SMILES string of the molecule is COCCOc1ccc(N2C(S)N(c3cnc(C#N)c(C)c3)C(=O)C23CCC3)cc1F. The zero-order valence-corrected chi connectivity index (χ0v) is 18.2. The summed E-state index contributed by atoms with van der Waals surface area (Å²) in [7, 11) is 1.55. The summed E-state index contributed by atoms with van der Waals surface area (Å²) >= 11 is 4.75. The van der Waals surface area contributed by atoms with Crippen LogP contribution in [-0.4, -0.2) is 42.3 Å². The number of pyridine rings is 1. The molecule has 0 bridgehead atoms. The molecule has 7 nitrogen and oxygen atoms in total. The number of ether oxygens (including phenoxy) is 2. The molecular formula is C22H23FN4O3S. The van der Waals surface area contributed by atoms with Gasteiger partial charge in [-0.2, -0.15) is 5.26 Å². The molecule has 1 aromatic heterocycles. The summed E-state index contributed by atoms with van der Waals surface area (Å²) in [6, 6.07) is 8.48. The van der Waals surface area contributed by atoms with Crippen LogP contribution in [0.25, 0.3) is 0 Å². The van der Waals surface area contributed by atoms with Gasteiger partial charge in [-0.3, -0.25) is 9.69 Å². The largest absolute Gasteiger partial charge is 0.488 e. The number of aromatic nitrogens is 1. The van der Waals surface area contributed by atoms with E-state index in [4.69, 9.17) is 27.4 Å². The third kappa shape index (κ3) is 3.50. The highest BCUT2D eigenvalue weighted by molar-refractivity contribution is 7.81. The molecule has 1 amide bonds. The fourth-order valence-electron chi connectivity index (χ4n) is 4.17. The monoisotopic (exact) mass is 442 g/mol. The Morgan fingerprint density at radius 1 is 1.32 bits per heavy atom. The lowest BCUT2D eigenvalue weighted by Crippen LogP contribution is -2.55. The van der Waals surface area contributed by atoms with Crippen LogP contribution in [0.15, 0.2) is 30.5 Å². The van der Waals surface area contributed by atoms with Gasteiger partial charge in [-0.15, -0.1) is 12.6 Å². The number of nitriles is 1. The van der Waals surface area contributed by atoms with Crippen LogP contribution in [0.5, 0.6) is 5.75 Å². The Hall–Kier alpha value is -2.83. The van der Waals surface area contributed by atoms with Crippen molar-refractivity contribution in [3.63, 3.8) is 0 Å². The molecule has 31 heavy (non-hydrogen) atoms. The first-order valence-electron chi connectivity index (χ1n) is 10.0. The van der Waals surface area contributed by atoms with Gasteiger partial charge in [0.15, 0.2) is 17.1 Å². The van der Waals surface area contributed by atoms with E-state index >= 15 is 0 Å². The van der Waals surface area contributed by atoms with Crippen molar-refractivity contribution in [2.75, 3.05) is 30.1 Å².